The number of nitrogens with zero attached hydrogens (tertiary/aromatic N) is 1. The summed E-state index contributed by atoms with van der Waals surface area (Å²) < 4.78 is 5.54. The molecule has 0 saturated carbocycles. The Bertz CT molecular complexity index is 258. The Morgan fingerprint density at radius 1 is 1.46 bits per heavy atom. The second-order valence-corrected chi connectivity index (χ2v) is 3.40. The summed E-state index contributed by atoms with van der Waals surface area (Å²) in [5.41, 5.74) is 1.19. The minimum Gasteiger partial charge on any atom is -0.477 e. The molecule has 0 aliphatic heterocycles. The lowest BCUT2D eigenvalue weighted by molar-refractivity contribution is 0.300. The Morgan fingerprint density at radius 3 is 2.85 bits per heavy atom. The number of hydrogen-bond donors (Lipinski definition) is 0. The van der Waals surface area contributed by atoms with Gasteiger partial charge in [0.25, 0.3) is 0 Å². The van der Waals surface area contributed by atoms with Crippen LogP contribution in [0.1, 0.15) is 38.7 Å². The van der Waals surface area contributed by atoms with E-state index < -0.39 is 0 Å². The SMILES string of the molecule is CCCOc1ncccc1C(C)C. The van der Waals surface area contributed by atoms with Gasteiger partial charge < -0.3 is 4.74 Å². The third kappa shape index (κ3) is 2.72. The molecule has 1 rings (SSSR count). The molecule has 2 heteroatoms. The van der Waals surface area contributed by atoms with Crippen LogP contribution in [0, 0.1) is 0 Å². The Labute approximate surface area is 80.0 Å². The first-order chi connectivity index (χ1) is 6.25. The van der Waals surface area contributed by atoms with Crippen molar-refractivity contribution in [1.29, 1.82) is 0 Å². The minimum absolute atomic E-state index is 0.473. The molecule has 1 heterocycles. The average molecular weight is 179 g/mol. The van der Waals surface area contributed by atoms with Gasteiger partial charge in [-0.05, 0) is 18.4 Å². The van der Waals surface area contributed by atoms with Crippen LogP contribution in [0.5, 0.6) is 5.88 Å². The maximum Gasteiger partial charge on any atom is 0.216 e. The van der Waals surface area contributed by atoms with Gasteiger partial charge in [-0.2, -0.15) is 0 Å². The second-order valence-electron chi connectivity index (χ2n) is 3.40. The summed E-state index contributed by atoms with van der Waals surface area (Å²) >= 11 is 0. The van der Waals surface area contributed by atoms with Crippen LogP contribution in [0.15, 0.2) is 18.3 Å². The summed E-state index contributed by atoms with van der Waals surface area (Å²) in [5.74, 6) is 1.26. The van der Waals surface area contributed by atoms with E-state index in [1.54, 1.807) is 6.20 Å². The van der Waals surface area contributed by atoms with Gasteiger partial charge in [0.2, 0.25) is 5.88 Å². The van der Waals surface area contributed by atoms with Gasteiger partial charge >= 0.3 is 0 Å². The molecule has 0 amide bonds. The molecule has 0 aliphatic rings. The van der Waals surface area contributed by atoms with Crippen LogP contribution in [0.3, 0.4) is 0 Å². The van der Waals surface area contributed by atoms with Gasteiger partial charge in [0, 0.05) is 11.8 Å². The Balaban J connectivity index is 2.78. The molecule has 0 N–H and O–H groups in total. The highest BCUT2D eigenvalue weighted by molar-refractivity contribution is 5.28. The van der Waals surface area contributed by atoms with Crippen LogP contribution in [-0.4, -0.2) is 11.6 Å². The third-order valence-corrected chi connectivity index (χ3v) is 1.87. The van der Waals surface area contributed by atoms with Crippen molar-refractivity contribution in [1.82, 2.24) is 4.98 Å². The first-order valence-corrected chi connectivity index (χ1v) is 4.83. The van der Waals surface area contributed by atoms with Gasteiger partial charge in [0.15, 0.2) is 0 Å². The molecular formula is C11H17NO. The van der Waals surface area contributed by atoms with E-state index in [-0.39, 0.29) is 0 Å². The monoisotopic (exact) mass is 179 g/mol. The smallest absolute Gasteiger partial charge is 0.216 e. The summed E-state index contributed by atoms with van der Waals surface area (Å²) in [6, 6.07) is 4.02. The number of hydrogen-bond acceptors (Lipinski definition) is 2. The molecule has 1 aromatic heterocycles. The van der Waals surface area contributed by atoms with E-state index in [0.29, 0.717) is 5.92 Å². The van der Waals surface area contributed by atoms with Crippen molar-refractivity contribution in [3.63, 3.8) is 0 Å². The highest BCUT2D eigenvalue weighted by atomic mass is 16.5. The molecule has 0 bridgehead atoms. The van der Waals surface area contributed by atoms with Crippen LogP contribution in [0.4, 0.5) is 0 Å². The summed E-state index contributed by atoms with van der Waals surface area (Å²) in [4.78, 5) is 4.22. The molecule has 1 aromatic rings. The molecule has 0 aromatic carbocycles. The highest BCUT2D eigenvalue weighted by Gasteiger charge is 2.07. The fourth-order valence-electron chi connectivity index (χ4n) is 1.16. The van der Waals surface area contributed by atoms with Crippen molar-refractivity contribution in [2.45, 2.75) is 33.1 Å². The van der Waals surface area contributed by atoms with Gasteiger partial charge in [0.05, 0.1) is 6.61 Å². The molecule has 72 valence electrons. The average Bonchev–Trinajstić information content (AvgIpc) is 2.15. The zero-order valence-corrected chi connectivity index (χ0v) is 8.58. The van der Waals surface area contributed by atoms with Gasteiger partial charge in [-0.3, -0.25) is 0 Å². The van der Waals surface area contributed by atoms with E-state index in [2.05, 4.69) is 31.8 Å². The van der Waals surface area contributed by atoms with E-state index in [0.717, 1.165) is 18.9 Å². The predicted molar refractivity (Wildman–Crippen MR) is 54.1 cm³/mol. The lowest BCUT2D eigenvalue weighted by Crippen LogP contribution is -2.01. The Kier molecular flexibility index (Phi) is 3.74. The second kappa shape index (κ2) is 4.85. The molecule has 2 nitrogen and oxygen atoms in total. The standard InChI is InChI=1S/C11H17NO/c1-4-8-13-11-10(9(2)3)6-5-7-12-11/h5-7,9H,4,8H2,1-3H3. The van der Waals surface area contributed by atoms with E-state index in [1.165, 1.54) is 5.56 Å². The van der Waals surface area contributed by atoms with Crippen LogP contribution < -0.4 is 4.74 Å². The zero-order valence-electron chi connectivity index (χ0n) is 8.58. The lowest BCUT2D eigenvalue weighted by atomic mass is 10.1. The molecule has 0 atom stereocenters. The van der Waals surface area contributed by atoms with Crippen LogP contribution >= 0.6 is 0 Å². The summed E-state index contributed by atoms with van der Waals surface area (Å²) in [6.45, 7) is 7.14. The minimum atomic E-state index is 0.473. The van der Waals surface area contributed by atoms with Crippen molar-refractivity contribution in [3.05, 3.63) is 23.9 Å². The van der Waals surface area contributed by atoms with Gasteiger partial charge in [0.1, 0.15) is 0 Å². The number of pyridine rings is 1. The maximum absolute atomic E-state index is 5.54. The molecule has 0 saturated heterocycles. The lowest BCUT2D eigenvalue weighted by Gasteiger charge is -2.11. The van der Waals surface area contributed by atoms with E-state index >= 15 is 0 Å². The maximum atomic E-state index is 5.54. The van der Waals surface area contributed by atoms with Crippen molar-refractivity contribution >= 4 is 0 Å². The van der Waals surface area contributed by atoms with E-state index in [1.807, 2.05) is 6.07 Å². The Hall–Kier alpha value is -1.05. The Morgan fingerprint density at radius 2 is 2.23 bits per heavy atom. The van der Waals surface area contributed by atoms with Crippen molar-refractivity contribution < 1.29 is 4.74 Å². The third-order valence-electron chi connectivity index (χ3n) is 1.87. The first-order valence-electron chi connectivity index (χ1n) is 4.83. The molecule has 0 radical (unpaired) electrons. The highest BCUT2D eigenvalue weighted by Crippen LogP contribution is 2.23. The van der Waals surface area contributed by atoms with Gasteiger partial charge in [-0.1, -0.05) is 26.8 Å². The van der Waals surface area contributed by atoms with Gasteiger partial charge in [-0.25, -0.2) is 4.98 Å². The fraction of sp³-hybridized carbons (Fsp3) is 0.545. The molecule has 0 spiro atoms. The first kappa shape index (κ1) is 10.0. The summed E-state index contributed by atoms with van der Waals surface area (Å²) in [7, 11) is 0. The van der Waals surface area contributed by atoms with Crippen molar-refractivity contribution in [3.8, 4) is 5.88 Å². The predicted octanol–water partition coefficient (Wildman–Crippen LogP) is 2.99. The zero-order chi connectivity index (χ0) is 9.68. The number of rotatable bonds is 4. The molecule has 13 heavy (non-hydrogen) atoms. The molecule has 0 aliphatic carbocycles. The normalized spacial score (nSPS) is 10.5. The van der Waals surface area contributed by atoms with Crippen molar-refractivity contribution in [2.24, 2.45) is 0 Å². The summed E-state index contributed by atoms with van der Waals surface area (Å²) in [5, 5.41) is 0. The summed E-state index contributed by atoms with van der Waals surface area (Å²) in [6.07, 6.45) is 2.80. The van der Waals surface area contributed by atoms with Crippen LogP contribution in [0.25, 0.3) is 0 Å². The van der Waals surface area contributed by atoms with Gasteiger partial charge in [-0.15, -0.1) is 0 Å². The largest absolute Gasteiger partial charge is 0.477 e. The molecule has 0 unspecified atom stereocenters. The molecule has 0 fully saturated rings. The fourth-order valence-corrected chi connectivity index (χ4v) is 1.16. The van der Waals surface area contributed by atoms with E-state index in [9.17, 15) is 0 Å². The van der Waals surface area contributed by atoms with Crippen molar-refractivity contribution in [2.75, 3.05) is 6.61 Å². The molecular weight excluding hydrogens is 162 g/mol. The number of aromatic nitrogens is 1. The van der Waals surface area contributed by atoms with Crippen LogP contribution in [-0.2, 0) is 0 Å². The van der Waals surface area contributed by atoms with E-state index in [4.69, 9.17) is 4.74 Å². The van der Waals surface area contributed by atoms with Crippen LogP contribution in [0.2, 0.25) is 0 Å². The topological polar surface area (TPSA) is 22.1 Å². The number of ether oxygens (including phenoxy) is 1. The quantitative estimate of drug-likeness (QED) is 0.708.